The van der Waals surface area contributed by atoms with Crippen molar-refractivity contribution in [1.82, 2.24) is 0 Å². The molecule has 0 aliphatic carbocycles. The first-order valence-corrected chi connectivity index (χ1v) is 11.2. The number of benzene rings is 3. The molecule has 0 spiro atoms. The molecule has 0 heterocycles. The lowest BCUT2D eigenvalue weighted by molar-refractivity contribution is 0.102. The van der Waals surface area contributed by atoms with E-state index in [0.29, 0.717) is 16.8 Å². The molecule has 7 heteroatoms. The van der Waals surface area contributed by atoms with Gasteiger partial charge in [-0.15, -0.1) is 11.8 Å². The number of hydrogen-bond donors (Lipinski definition) is 2. The molecule has 0 bridgehead atoms. The molecule has 0 radical (unpaired) electrons. The normalized spacial score (nSPS) is 11.1. The first kappa shape index (κ1) is 20.0. The zero-order chi connectivity index (χ0) is 20.1. The van der Waals surface area contributed by atoms with Crippen molar-refractivity contribution < 1.29 is 13.2 Å². The summed E-state index contributed by atoms with van der Waals surface area (Å²) in [5, 5.41) is 2.90. The van der Waals surface area contributed by atoms with Crippen LogP contribution in [0.3, 0.4) is 0 Å². The minimum Gasteiger partial charge on any atom is -0.321 e. The summed E-state index contributed by atoms with van der Waals surface area (Å²) in [6, 6.07) is 20.6. The van der Waals surface area contributed by atoms with E-state index in [9.17, 15) is 13.2 Å². The van der Waals surface area contributed by atoms with Gasteiger partial charge in [0, 0.05) is 10.5 Å². The maximum absolute atomic E-state index is 12.8. The van der Waals surface area contributed by atoms with Crippen LogP contribution in [0, 0.1) is 6.92 Å². The molecule has 2 N–H and O–H groups in total. The van der Waals surface area contributed by atoms with Crippen LogP contribution in [0.5, 0.6) is 0 Å². The zero-order valence-electron chi connectivity index (χ0n) is 15.5. The number of carbonyl (C=O) groups is 1. The Morgan fingerprint density at radius 3 is 2.21 bits per heavy atom. The van der Waals surface area contributed by atoms with Crippen molar-refractivity contribution in [3.8, 4) is 0 Å². The Morgan fingerprint density at radius 1 is 0.857 bits per heavy atom. The minimum atomic E-state index is -3.73. The Morgan fingerprint density at radius 2 is 1.50 bits per heavy atom. The van der Waals surface area contributed by atoms with E-state index in [1.165, 1.54) is 23.9 Å². The third kappa shape index (κ3) is 4.37. The number of para-hydroxylation sites is 1. The fourth-order valence-electron chi connectivity index (χ4n) is 2.73. The molecular formula is C21H20N2O3S2. The van der Waals surface area contributed by atoms with Crippen LogP contribution in [0.1, 0.15) is 15.9 Å². The van der Waals surface area contributed by atoms with Crippen molar-refractivity contribution in [3.63, 3.8) is 0 Å². The molecule has 0 saturated heterocycles. The summed E-state index contributed by atoms with van der Waals surface area (Å²) in [4.78, 5) is 13.9. The van der Waals surface area contributed by atoms with Gasteiger partial charge < -0.3 is 5.32 Å². The molecule has 3 aromatic carbocycles. The second-order valence-corrected chi connectivity index (χ2v) is 8.58. The number of carbonyl (C=O) groups excluding carboxylic acids is 1. The standard InChI is InChI=1S/C21H20N2O3S2/c1-15-17(21(24)22-19-12-6-7-14-20(19)27-2)11-8-13-18(15)23-28(25,26)16-9-4-3-5-10-16/h3-14,23H,1-2H3,(H,22,24). The highest BCUT2D eigenvalue weighted by atomic mass is 32.2. The highest BCUT2D eigenvalue weighted by Gasteiger charge is 2.18. The quantitative estimate of drug-likeness (QED) is 0.572. The van der Waals surface area contributed by atoms with E-state index >= 15 is 0 Å². The third-order valence-electron chi connectivity index (χ3n) is 4.23. The fourth-order valence-corrected chi connectivity index (χ4v) is 4.43. The highest BCUT2D eigenvalue weighted by molar-refractivity contribution is 7.98. The number of anilines is 2. The molecule has 0 aromatic heterocycles. The highest BCUT2D eigenvalue weighted by Crippen LogP contribution is 2.27. The van der Waals surface area contributed by atoms with E-state index in [1.54, 1.807) is 43.3 Å². The van der Waals surface area contributed by atoms with Crippen LogP contribution in [0.15, 0.2) is 82.6 Å². The van der Waals surface area contributed by atoms with Crippen molar-refractivity contribution in [2.45, 2.75) is 16.7 Å². The van der Waals surface area contributed by atoms with Gasteiger partial charge in [0.05, 0.1) is 16.3 Å². The summed E-state index contributed by atoms with van der Waals surface area (Å²) in [6.45, 7) is 1.72. The van der Waals surface area contributed by atoms with Gasteiger partial charge in [-0.2, -0.15) is 0 Å². The first-order chi connectivity index (χ1) is 13.4. The molecule has 5 nitrogen and oxygen atoms in total. The SMILES string of the molecule is CSc1ccccc1NC(=O)c1cccc(NS(=O)(=O)c2ccccc2)c1C. The molecule has 0 aliphatic heterocycles. The minimum absolute atomic E-state index is 0.165. The first-order valence-electron chi connectivity index (χ1n) is 8.54. The van der Waals surface area contributed by atoms with Crippen LogP contribution in [0.4, 0.5) is 11.4 Å². The van der Waals surface area contributed by atoms with Crippen LogP contribution in [0.25, 0.3) is 0 Å². The molecule has 3 rings (SSSR count). The predicted molar refractivity (Wildman–Crippen MR) is 115 cm³/mol. The van der Waals surface area contributed by atoms with Crippen LogP contribution < -0.4 is 10.0 Å². The molecule has 0 aliphatic rings. The molecule has 0 unspecified atom stereocenters. The van der Waals surface area contributed by atoms with E-state index < -0.39 is 10.0 Å². The van der Waals surface area contributed by atoms with Gasteiger partial charge >= 0.3 is 0 Å². The number of hydrogen-bond acceptors (Lipinski definition) is 4. The van der Waals surface area contributed by atoms with Crippen LogP contribution in [-0.4, -0.2) is 20.6 Å². The second kappa shape index (κ2) is 8.50. The maximum Gasteiger partial charge on any atom is 0.261 e. The lowest BCUT2D eigenvalue weighted by atomic mass is 10.1. The Bertz CT molecular complexity index is 1100. The van der Waals surface area contributed by atoms with Crippen LogP contribution in [-0.2, 0) is 10.0 Å². The Kier molecular flexibility index (Phi) is 6.06. The van der Waals surface area contributed by atoms with E-state index in [-0.39, 0.29) is 10.8 Å². The summed E-state index contributed by atoms with van der Waals surface area (Å²) in [5.41, 5.74) is 2.05. The monoisotopic (exact) mass is 412 g/mol. The smallest absolute Gasteiger partial charge is 0.261 e. The lowest BCUT2D eigenvalue weighted by Crippen LogP contribution is -2.17. The number of sulfonamides is 1. The fraction of sp³-hybridized carbons (Fsp3) is 0.0952. The van der Waals surface area contributed by atoms with Gasteiger partial charge in [0.1, 0.15) is 0 Å². The van der Waals surface area contributed by atoms with E-state index in [1.807, 2.05) is 30.5 Å². The molecule has 0 saturated carbocycles. The van der Waals surface area contributed by atoms with Gasteiger partial charge in [0.15, 0.2) is 0 Å². The summed E-state index contributed by atoms with van der Waals surface area (Å²) >= 11 is 1.54. The Hall–Kier alpha value is -2.77. The summed E-state index contributed by atoms with van der Waals surface area (Å²) in [6.07, 6.45) is 1.94. The largest absolute Gasteiger partial charge is 0.321 e. The molecule has 1 amide bonds. The molecule has 3 aromatic rings. The molecular weight excluding hydrogens is 392 g/mol. The number of nitrogens with one attached hydrogen (secondary N) is 2. The zero-order valence-corrected chi connectivity index (χ0v) is 17.1. The lowest BCUT2D eigenvalue weighted by Gasteiger charge is -2.15. The summed E-state index contributed by atoms with van der Waals surface area (Å²) < 4.78 is 27.8. The third-order valence-corrected chi connectivity index (χ3v) is 6.41. The maximum atomic E-state index is 12.8. The summed E-state index contributed by atoms with van der Waals surface area (Å²) in [7, 11) is -3.73. The van der Waals surface area contributed by atoms with E-state index in [4.69, 9.17) is 0 Å². The van der Waals surface area contributed by atoms with Gasteiger partial charge in [-0.1, -0.05) is 36.4 Å². The average molecular weight is 413 g/mol. The predicted octanol–water partition coefficient (Wildman–Crippen LogP) is 4.77. The molecule has 28 heavy (non-hydrogen) atoms. The van der Waals surface area contributed by atoms with Gasteiger partial charge in [-0.3, -0.25) is 9.52 Å². The number of thioether (sulfide) groups is 1. The van der Waals surface area contributed by atoms with E-state index in [0.717, 1.165) is 10.6 Å². The van der Waals surface area contributed by atoms with Crippen molar-refractivity contribution in [1.29, 1.82) is 0 Å². The molecule has 0 atom stereocenters. The van der Waals surface area contributed by atoms with Gasteiger partial charge in [-0.25, -0.2) is 8.42 Å². The van der Waals surface area contributed by atoms with Crippen molar-refractivity contribution >= 4 is 39.1 Å². The van der Waals surface area contributed by atoms with Crippen molar-refractivity contribution in [3.05, 3.63) is 83.9 Å². The summed E-state index contributed by atoms with van der Waals surface area (Å²) in [5.74, 6) is -0.292. The van der Waals surface area contributed by atoms with Crippen LogP contribution >= 0.6 is 11.8 Å². The Labute approximate surface area is 169 Å². The van der Waals surface area contributed by atoms with E-state index in [2.05, 4.69) is 10.0 Å². The van der Waals surface area contributed by atoms with Gasteiger partial charge in [0.2, 0.25) is 0 Å². The van der Waals surface area contributed by atoms with Crippen molar-refractivity contribution in [2.24, 2.45) is 0 Å². The van der Waals surface area contributed by atoms with Crippen molar-refractivity contribution in [2.75, 3.05) is 16.3 Å². The van der Waals surface area contributed by atoms with Crippen LogP contribution in [0.2, 0.25) is 0 Å². The average Bonchev–Trinajstić information content (AvgIpc) is 2.70. The number of amides is 1. The van der Waals surface area contributed by atoms with Gasteiger partial charge in [-0.05, 0) is 55.1 Å². The Balaban J connectivity index is 1.88. The second-order valence-electron chi connectivity index (χ2n) is 6.05. The topological polar surface area (TPSA) is 75.3 Å². The molecule has 0 fully saturated rings. The molecule has 144 valence electrons. The number of rotatable bonds is 6. The van der Waals surface area contributed by atoms with Gasteiger partial charge in [0.25, 0.3) is 15.9 Å².